The summed E-state index contributed by atoms with van der Waals surface area (Å²) in [7, 11) is 0. The molecule has 0 bridgehead atoms. The Morgan fingerprint density at radius 3 is 2.30 bits per heavy atom. The lowest BCUT2D eigenvalue weighted by Crippen LogP contribution is -2.34. The molecule has 0 atom stereocenters. The van der Waals surface area contributed by atoms with E-state index >= 15 is 0 Å². The molecule has 3 rings (SSSR count). The van der Waals surface area contributed by atoms with Gasteiger partial charge >= 0.3 is 0 Å². The lowest BCUT2D eigenvalue weighted by Gasteiger charge is -2.14. The van der Waals surface area contributed by atoms with Gasteiger partial charge in [-0.05, 0) is 48.9 Å². The first-order valence-corrected chi connectivity index (χ1v) is 9.16. The van der Waals surface area contributed by atoms with Gasteiger partial charge in [0.2, 0.25) is 0 Å². The second kappa shape index (κ2) is 8.86. The first-order chi connectivity index (χ1) is 14.3. The fourth-order valence-corrected chi connectivity index (χ4v) is 2.84. The van der Waals surface area contributed by atoms with E-state index in [1.165, 1.54) is 6.07 Å². The average molecular weight is 416 g/mol. The monoisotopic (exact) mass is 416 g/mol. The maximum Gasteiger partial charge on any atom is 0.259 e. The van der Waals surface area contributed by atoms with Gasteiger partial charge in [0, 0.05) is 6.04 Å². The van der Waals surface area contributed by atoms with E-state index in [9.17, 15) is 22.8 Å². The molecule has 0 aromatic heterocycles. The topological polar surface area (TPSA) is 67.4 Å². The number of halogens is 3. The fourth-order valence-electron chi connectivity index (χ4n) is 2.84. The highest BCUT2D eigenvalue weighted by Crippen LogP contribution is 2.28. The van der Waals surface area contributed by atoms with Crippen LogP contribution in [-0.4, -0.2) is 24.5 Å². The van der Waals surface area contributed by atoms with Crippen LogP contribution in [0.3, 0.4) is 0 Å². The third-order valence-electron chi connectivity index (χ3n) is 4.18. The third kappa shape index (κ3) is 4.71. The van der Waals surface area contributed by atoms with Crippen molar-refractivity contribution in [3.8, 4) is 5.75 Å². The minimum absolute atomic E-state index is 0.00943. The highest BCUT2D eigenvalue weighted by molar-refractivity contribution is 6.08. The van der Waals surface area contributed by atoms with Crippen LogP contribution in [0.15, 0.2) is 48.5 Å². The molecule has 0 aliphatic rings. The highest BCUT2D eigenvalue weighted by atomic mass is 19.2. The number of hydrogen-bond donors (Lipinski definition) is 2. The lowest BCUT2D eigenvalue weighted by atomic mass is 10.1. The Hall–Kier alpha value is -3.55. The zero-order chi connectivity index (χ0) is 21.8. The number of amides is 2. The summed E-state index contributed by atoms with van der Waals surface area (Å²) in [5, 5.41) is 6.34. The zero-order valence-corrected chi connectivity index (χ0v) is 16.3. The van der Waals surface area contributed by atoms with Gasteiger partial charge in [-0.2, -0.15) is 0 Å². The molecule has 0 radical (unpaired) electrons. The van der Waals surface area contributed by atoms with Crippen molar-refractivity contribution in [3.63, 3.8) is 0 Å². The van der Waals surface area contributed by atoms with E-state index < -0.39 is 29.0 Å². The smallest absolute Gasteiger partial charge is 0.259 e. The molecule has 3 aromatic carbocycles. The molecular weight excluding hydrogens is 397 g/mol. The van der Waals surface area contributed by atoms with Gasteiger partial charge in [-0.15, -0.1) is 0 Å². The fraction of sp³-hybridized carbons (Fsp3) is 0.182. The van der Waals surface area contributed by atoms with E-state index in [2.05, 4.69) is 10.6 Å². The van der Waals surface area contributed by atoms with Gasteiger partial charge in [0.25, 0.3) is 11.8 Å². The number of hydrogen-bond acceptors (Lipinski definition) is 3. The Morgan fingerprint density at radius 1 is 0.967 bits per heavy atom. The zero-order valence-electron chi connectivity index (χ0n) is 16.3. The van der Waals surface area contributed by atoms with Crippen molar-refractivity contribution in [1.82, 2.24) is 5.32 Å². The molecule has 3 aromatic rings. The molecule has 0 unspecified atom stereocenters. The summed E-state index contributed by atoms with van der Waals surface area (Å²) < 4.78 is 46.1. The first-order valence-electron chi connectivity index (χ1n) is 9.16. The largest absolute Gasteiger partial charge is 0.483 e. The molecular formula is C22H19F3N2O3. The predicted octanol–water partition coefficient (Wildman–Crippen LogP) is 4.41. The summed E-state index contributed by atoms with van der Waals surface area (Å²) in [4.78, 5) is 24.7. The van der Waals surface area contributed by atoms with Crippen LogP contribution < -0.4 is 15.4 Å². The average Bonchev–Trinajstić information content (AvgIpc) is 2.71. The van der Waals surface area contributed by atoms with Crippen molar-refractivity contribution in [3.05, 3.63) is 71.5 Å². The van der Waals surface area contributed by atoms with Crippen molar-refractivity contribution >= 4 is 28.3 Å². The van der Waals surface area contributed by atoms with Crippen LogP contribution in [-0.2, 0) is 4.79 Å². The number of rotatable bonds is 6. The maximum atomic E-state index is 14.0. The van der Waals surface area contributed by atoms with E-state index in [-0.39, 0.29) is 29.9 Å². The molecule has 2 N–H and O–H groups in total. The van der Waals surface area contributed by atoms with Crippen LogP contribution in [0.2, 0.25) is 0 Å². The molecule has 2 amide bonds. The van der Waals surface area contributed by atoms with E-state index in [4.69, 9.17) is 4.74 Å². The molecule has 0 fully saturated rings. The molecule has 0 heterocycles. The Bertz CT molecular complexity index is 1120. The lowest BCUT2D eigenvalue weighted by molar-refractivity contribution is -0.123. The normalized spacial score (nSPS) is 10.9. The number of nitrogens with one attached hydrogen (secondary N) is 2. The van der Waals surface area contributed by atoms with Crippen molar-refractivity contribution < 1.29 is 27.5 Å². The predicted molar refractivity (Wildman–Crippen MR) is 107 cm³/mol. The molecule has 5 nitrogen and oxygen atoms in total. The number of benzene rings is 3. The minimum atomic E-state index is -1.69. The van der Waals surface area contributed by atoms with E-state index in [1.807, 2.05) is 0 Å². The van der Waals surface area contributed by atoms with Crippen LogP contribution in [0.1, 0.15) is 24.2 Å². The number of ether oxygens (including phenoxy) is 1. The van der Waals surface area contributed by atoms with Crippen LogP contribution >= 0.6 is 0 Å². The summed E-state index contributed by atoms with van der Waals surface area (Å²) >= 11 is 0. The molecule has 0 aliphatic carbocycles. The summed E-state index contributed by atoms with van der Waals surface area (Å²) in [5.74, 6) is -5.65. The summed E-state index contributed by atoms with van der Waals surface area (Å²) in [5.41, 5.74) is -0.509. The van der Waals surface area contributed by atoms with E-state index in [1.54, 1.807) is 44.2 Å². The number of carbonyl (C=O) groups excluding carboxylic acids is 2. The van der Waals surface area contributed by atoms with Gasteiger partial charge in [-0.25, -0.2) is 13.2 Å². The molecule has 156 valence electrons. The number of fused-ring (bicyclic) bond motifs is 1. The standard InChI is InChI=1S/C22H19F3N2O3/c1-12(2)26-19(28)11-30-18-10-14-6-4-3-5-13(14)9-15(18)22(29)27-17-8-7-16(23)20(24)21(17)25/h3-10,12H,11H2,1-2H3,(H,26,28)(H,27,29). The van der Waals surface area contributed by atoms with Gasteiger partial charge in [0.15, 0.2) is 24.1 Å². The van der Waals surface area contributed by atoms with Crippen molar-refractivity contribution in [1.29, 1.82) is 0 Å². The second-order valence-corrected chi connectivity index (χ2v) is 6.88. The van der Waals surface area contributed by atoms with Crippen LogP contribution in [0, 0.1) is 17.5 Å². The Morgan fingerprint density at radius 2 is 1.63 bits per heavy atom. The van der Waals surface area contributed by atoms with Gasteiger partial charge in [0.1, 0.15) is 5.75 Å². The number of anilines is 1. The summed E-state index contributed by atoms with van der Waals surface area (Å²) in [6.45, 7) is 3.25. The SMILES string of the molecule is CC(C)NC(=O)COc1cc2ccccc2cc1C(=O)Nc1ccc(F)c(F)c1F. The Balaban J connectivity index is 1.93. The molecule has 0 saturated carbocycles. The van der Waals surface area contributed by atoms with Crippen molar-refractivity contribution in [2.24, 2.45) is 0 Å². The number of carbonyl (C=O) groups is 2. The summed E-state index contributed by atoms with van der Waals surface area (Å²) in [6, 6.07) is 11.8. The first kappa shape index (κ1) is 21.2. The molecule has 8 heteroatoms. The molecule has 0 spiro atoms. The van der Waals surface area contributed by atoms with Gasteiger partial charge in [0.05, 0.1) is 11.3 Å². The summed E-state index contributed by atoms with van der Waals surface area (Å²) in [6.07, 6.45) is 0. The van der Waals surface area contributed by atoms with Gasteiger partial charge < -0.3 is 15.4 Å². The minimum Gasteiger partial charge on any atom is -0.483 e. The van der Waals surface area contributed by atoms with E-state index in [0.29, 0.717) is 11.5 Å². The second-order valence-electron chi connectivity index (χ2n) is 6.88. The van der Waals surface area contributed by atoms with Gasteiger partial charge in [-0.3, -0.25) is 9.59 Å². The molecule has 30 heavy (non-hydrogen) atoms. The maximum absolute atomic E-state index is 14.0. The molecule has 0 saturated heterocycles. The highest BCUT2D eigenvalue weighted by Gasteiger charge is 2.19. The Labute approximate surface area is 170 Å². The Kier molecular flexibility index (Phi) is 6.25. The third-order valence-corrected chi connectivity index (χ3v) is 4.18. The molecule has 0 aliphatic heterocycles. The van der Waals surface area contributed by atoms with Crippen molar-refractivity contribution in [2.45, 2.75) is 19.9 Å². The quantitative estimate of drug-likeness (QED) is 0.585. The van der Waals surface area contributed by atoms with Crippen LogP contribution in [0.5, 0.6) is 5.75 Å². The van der Waals surface area contributed by atoms with Gasteiger partial charge in [-0.1, -0.05) is 24.3 Å². The van der Waals surface area contributed by atoms with Crippen LogP contribution in [0.4, 0.5) is 18.9 Å². The van der Waals surface area contributed by atoms with Crippen LogP contribution in [0.25, 0.3) is 10.8 Å². The van der Waals surface area contributed by atoms with Crippen molar-refractivity contribution in [2.75, 3.05) is 11.9 Å². The van der Waals surface area contributed by atoms with E-state index in [0.717, 1.165) is 11.5 Å².